The highest BCUT2D eigenvalue weighted by Gasteiger charge is 2.49. The molecule has 1 aliphatic carbocycles. The highest BCUT2D eigenvalue weighted by atomic mass is 16.5. The van der Waals surface area contributed by atoms with Crippen LogP contribution in [0.15, 0.2) is 0 Å². The number of likely N-dealkylation sites (tertiary alicyclic amines) is 1. The van der Waals surface area contributed by atoms with Gasteiger partial charge in [0.2, 0.25) is 11.8 Å². The van der Waals surface area contributed by atoms with Crippen molar-refractivity contribution in [2.45, 2.75) is 38.5 Å². The Kier molecular flexibility index (Phi) is 5.83. The van der Waals surface area contributed by atoms with E-state index in [4.69, 9.17) is 4.74 Å². The van der Waals surface area contributed by atoms with Crippen LogP contribution in [0.2, 0.25) is 0 Å². The molecule has 2 aliphatic rings. The number of hydrogen-bond donors (Lipinski definition) is 1. The first kappa shape index (κ1) is 15.3. The minimum absolute atomic E-state index is 0.0364. The van der Waals surface area contributed by atoms with E-state index in [1.54, 1.807) is 7.11 Å². The minimum atomic E-state index is -0.0895. The quantitative estimate of drug-likeness (QED) is 0.744. The van der Waals surface area contributed by atoms with E-state index in [-0.39, 0.29) is 23.7 Å². The van der Waals surface area contributed by atoms with Crippen molar-refractivity contribution in [1.82, 2.24) is 10.2 Å². The molecule has 1 heterocycles. The van der Waals surface area contributed by atoms with Crippen LogP contribution in [0.25, 0.3) is 0 Å². The minimum Gasteiger partial charge on any atom is -0.385 e. The van der Waals surface area contributed by atoms with Crippen molar-refractivity contribution in [2.75, 3.05) is 33.4 Å². The molecule has 20 heavy (non-hydrogen) atoms. The van der Waals surface area contributed by atoms with E-state index in [9.17, 15) is 9.59 Å². The first-order valence-electron chi connectivity index (χ1n) is 7.79. The van der Waals surface area contributed by atoms with Crippen molar-refractivity contribution in [3.63, 3.8) is 0 Å². The summed E-state index contributed by atoms with van der Waals surface area (Å²) >= 11 is 0. The van der Waals surface area contributed by atoms with Gasteiger partial charge in [-0.3, -0.25) is 9.59 Å². The van der Waals surface area contributed by atoms with Gasteiger partial charge in [-0.1, -0.05) is 12.8 Å². The molecular weight excluding hydrogens is 256 g/mol. The second-order valence-electron chi connectivity index (χ2n) is 5.83. The van der Waals surface area contributed by atoms with E-state index in [1.807, 2.05) is 4.90 Å². The Morgan fingerprint density at radius 2 is 1.85 bits per heavy atom. The third kappa shape index (κ3) is 4.20. The maximum Gasteiger partial charge on any atom is 0.226 e. The average Bonchev–Trinajstić information content (AvgIpc) is 3.25. The van der Waals surface area contributed by atoms with Crippen LogP contribution in [-0.4, -0.2) is 50.1 Å². The SMILES string of the molecule is COCCCNC(=O)C1CC1C(=O)N1CCCCCC1. The van der Waals surface area contributed by atoms with Crippen LogP contribution in [0.1, 0.15) is 38.5 Å². The van der Waals surface area contributed by atoms with E-state index in [1.165, 1.54) is 12.8 Å². The summed E-state index contributed by atoms with van der Waals surface area (Å²) in [4.78, 5) is 26.2. The van der Waals surface area contributed by atoms with E-state index in [2.05, 4.69) is 5.32 Å². The van der Waals surface area contributed by atoms with Crippen LogP contribution in [0.5, 0.6) is 0 Å². The number of carbonyl (C=O) groups is 2. The van der Waals surface area contributed by atoms with Crippen LogP contribution in [0.3, 0.4) is 0 Å². The fourth-order valence-corrected chi connectivity index (χ4v) is 2.84. The fraction of sp³-hybridized carbons (Fsp3) is 0.867. The van der Waals surface area contributed by atoms with Gasteiger partial charge >= 0.3 is 0 Å². The monoisotopic (exact) mass is 282 g/mol. The smallest absolute Gasteiger partial charge is 0.226 e. The zero-order valence-corrected chi connectivity index (χ0v) is 12.4. The summed E-state index contributed by atoms with van der Waals surface area (Å²) in [6.07, 6.45) is 6.19. The Morgan fingerprint density at radius 1 is 1.15 bits per heavy atom. The van der Waals surface area contributed by atoms with Crippen molar-refractivity contribution in [2.24, 2.45) is 11.8 Å². The first-order valence-corrected chi connectivity index (χ1v) is 7.79. The molecule has 114 valence electrons. The number of carbonyl (C=O) groups excluding carboxylic acids is 2. The predicted molar refractivity (Wildman–Crippen MR) is 76.1 cm³/mol. The zero-order chi connectivity index (χ0) is 14.4. The fourth-order valence-electron chi connectivity index (χ4n) is 2.84. The van der Waals surface area contributed by atoms with Crippen LogP contribution >= 0.6 is 0 Å². The third-order valence-corrected chi connectivity index (χ3v) is 4.19. The van der Waals surface area contributed by atoms with Crippen molar-refractivity contribution >= 4 is 11.8 Å². The van der Waals surface area contributed by atoms with Crippen LogP contribution in [0, 0.1) is 11.8 Å². The Hall–Kier alpha value is -1.10. The molecule has 2 fully saturated rings. The zero-order valence-electron chi connectivity index (χ0n) is 12.4. The lowest BCUT2D eigenvalue weighted by Gasteiger charge is -2.20. The lowest BCUT2D eigenvalue weighted by atomic mass is 10.2. The lowest BCUT2D eigenvalue weighted by molar-refractivity contribution is -0.134. The van der Waals surface area contributed by atoms with E-state index >= 15 is 0 Å². The van der Waals surface area contributed by atoms with Crippen LogP contribution in [-0.2, 0) is 14.3 Å². The predicted octanol–water partition coefficient (Wildman–Crippen LogP) is 1.18. The molecule has 2 atom stereocenters. The Labute approximate surface area is 121 Å². The second kappa shape index (κ2) is 7.62. The molecule has 0 radical (unpaired) electrons. The van der Waals surface area contributed by atoms with Gasteiger partial charge in [-0.2, -0.15) is 0 Å². The highest BCUT2D eigenvalue weighted by molar-refractivity contribution is 5.92. The van der Waals surface area contributed by atoms with Crippen molar-refractivity contribution in [1.29, 1.82) is 0 Å². The first-order chi connectivity index (χ1) is 9.74. The summed E-state index contributed by atoms with van der Waals surface area (Å²) in [6, 6.07) is 0. The van der Waals surface area contributed by atoms with Gasteiger partial charge in [-0.05, 0) is 25.7 Å². The maximum atomic E-state index is 12.3. The van der Waals surface area contributed by atoms with Crippen molar-refractivity contribution < 1.29 is 14.3 Å². The Morgan fingerprint density at radius 3 is 2.50 bits per heavy atom. The van der Waals surface area contributed by atoms with E-state index in [0.29, 0.717) is 13.2 Å². The van der Waals surface area contributed by atoms with Gasteiger partial charge in [0.25, 0.3) is 0 Å². The number of nitrogens with one attached hydrogen (secondary N) is 1. The molecule has 1 N–H and O–H groups in total. The molecule has 2 amide bonds. The molecular formula is C15H26N2O3. The number of ether oxygens (including phenoxy) is 1. The highest BCUT2D eigenvalue weighted by Crippen LogP contribution is 2.40. The molecule has 0 bridgehead atoms. The summed E-state index contributed by atoms with van der Waals surface area (Å²) in [7, 11) is 1.65. The molecule has 1 saturated heterocycles. The molecule has 2 rings (SSSR count). The van der Waals surface area contributed by atoms with Gasteiger partial charge in [0.05, 0.1) is 11.8 Å². The number of methoxy groups -OCH3 is 1. The lowest BCUT2D eigenvalue weighted by Crippen LogP contribution is -2.35. The number of hydrogen-bond acceptors (Lipinski definition) is 3. The molecule has 5 heteroatoms. The average molecular weight is 282 g/mol. The normalized spacial score (nSPS) is 25.9. The van der Waals surface area contributed by atoms with E-state index in [0.717, 1.165) is 38.8 Å². The van der Waals surface area contributed by atoms with Gasteiger partial charge in [0, 0.05) is 33.4 Å². The summed E-state index contributed by atoms with van der Waals surface area (Å²) in [6.45, 7) is 3.03. The standard InChI is InChI=1S/C15H26N2O3/c1-20-10-6-7-16-14(18)12-11-13(12)15(19)17-8-4-2-3-5-9-17/h12-13H,2-11H2,1H3,(H,16,18). The second-order valence-corrected chi connectivity index (χ2v) is 5.83. The summed E-state index contributed by atoms with van der Waals surface area (Å²) in [5.74, 6) is 0.0852. The van der Waals surface area contributed by atoms with E-state index < -0.39 is 0 Å². The summed E-state index contributed by atoms with van der Waals surface area (Å²) in [5.41, 5.74) is 0. The summed E-state index contributed by atoms with van der Waals surface area (Å²) in [5, 5.41) is 2.89. The number of rotatable bonds is 6. The molecule has 5 nitrogen and oxygen atoms in total. The van der Waals surface area contributed by atoms with Gasteiger partial charge in [0.1, 0.15) is 0 Å². The van der Waals surface area contributed by atoms with Crippen LogP contribution in [0.4, 0.5) is 0 Å². The Balaban J connectivity index is 1.70. The van der Waals surface area contributed by atoms with Crippen molar-refractivity contribution in [3.8, 4) is 0 Å². The largest absolute Gasteiger partial charge is 0.385 e. The number of amides is 2. The molecule has 0 aromatic carbocycles. The third-order valence-electron chi connectivity index (χ3n) is 4.19. The van der Waals surface area contributed by atoms with Crippen molar-refractivity contribution in [3.05, 3.63) is 0 Å². The summed E-state index contributed by atoms with van der Waals surface area (Å²) < 4.78 is 4.94. The topological polar surface area (TPSA) is 58.6 Å². The number of nitrogens with zero attached hydrogens (tertiary/aromatic N) is 1. The molecule has 0 aromatic rings. The van der Waals surface area contributed by atoms with Crippen LogP contribution < -0.4 is 5.32 Å². The van der Waals surface area contributed by atoms with Gasteiger partial charge < -0.3 is 15.0 Å². The Bertz CT molecular complexity index is 338. The molecule has 1 aliphatic heterocycles. The maximum absolute atomic E-state index is 12.3. The molecule has 0 spiro atoms. The van der Waals surface area contributed by atoms with Gasteiger partial charge in [0.15, 0.2) is 0 Å². The molecule has 0 aromatic heterocycles. The molecule has 1 saturated carbocycles. The van der Waals surface area contributed by atoms with Gasteiger partial charge in [-0.25, -0.2) is 0 Å². The molecule has 2 unspecified atom stereocenters. The van der Waals surface area contributed by atoms with Gasteiger partial charge in [-0.15, -0.1) is 0 Å².